The Morgan fingerprint density at radius 1 is 1.26 bits per heavy atom. The zero-order chi connectivity index (χ0) is 18.7. The molecule has 2 aromatic rings. The summed E-state index contributed by atoms with van der Waals surface area (Å²) in [5.74, 6) is 1.47. The number of amides is 1. The molecule has 2 saturated heterocycles. The van der Waals surface area contributed by atoms with Gasteiger partial charge >= 0.3 is 0 Å². The predicted molar refractivity (Wildman–Crippen MR) is 99.8 cm³/mol. The predicted octanol–water partition coefficient (Wildman–Crippen LogP) is 2.61. The second-order valence-electron chi connectivity index (χ2n) is 7.30. The highest BCUT2D eigenvalue weighted by Crippen LogP contribution is 2.35. The summed E-state index contributed by atoms with van der Waals surface area (Å²) >= 11 is 0. The quantitative estimate of drug-likeness (QED) is 0.812. The molecule has 1 aromatic heterocycles. The van der Waals surface area contributed by atoms with E-state index >= 15 is 0 Å². The second-order valence-corrected chi connectivity index (χ2v) is 7.30. The highest BCUT2D eigenvalue weighted by atomic mass is 16.5. The number of hydrogen-bond donors (Lipinski definition) is 0. The lowest BCUT2D eigenvalue weighted by atomic mass is 9.84. The number of benzene rings is 1. The van der Waals surface area contributed by atoms with E-state index in [1.165, 1.54) is 0 Å². The molecule has 0 radical (unpaired) electrons. The van der Waals surface area contributed by atoms with Crippen molar-refractivity contribution in [1.29, 1.82) is 0 Å². The van der Waals surface area contributed by atoms with E-state index in [4.69, 9.17) is 14.2 Å². The van der Waals surface area contributed by atoms with Crippen LogP contribution in [0.1, 0.15) is 18.4 Å². The summed E-state index contributed by atoms with van der Waals surface area (Å²) in [6, 6.07) is 11.5. The number of likely N-dealkylation sites (tertiary alicyclic amines) is 1. The lowest BCUT2D eigenvalue weighted by Crippen LogP contribution is -2.68. The monoisotopic (exact) mass is 368 g/mol. The van der Waals surface area contributed by atoms with Gasteiger partial charge in [-0.25, -0.2) is 0 Å². The van der Waals surface area contributed by atoms with E-state index in [1.54, 1.807) is 17.3 Å². The van der Waals surface area contributed by atoms with E-state index < -0.39 is 0 Å². The molecule has 0 aliphatic carbocycles. The lowest BCUT2D eigenvalue weighted by Gasteiger charge is -2.52. The third kappa shape index (κ3) is 4.22. The molecule has 3 heterocycles. The molecule has 0 unspecified atom stereocenters. The van der Waals surface area contributed by atoms with Crippen molar-refractivity contribution in [2.75, 3.05) is 26.3 Å². The van der Waals surface area contributed by atoms with Crippen LogP contribution in [0, 0.1) is 6.92 Å². The molecule has 142 valence electrons. The van der Waals surface area contributed by atoms with Crippen molar-refractivity contribution in [2.24, 2.45) is 0 Å². The molecule has 0 bridgehead atoms. The normalized spacial score (nSPS) is 20.8. The summed E-state index contributed by atoms with van der Waals surface area (Å²) in [7, 11) is 0. The number of hydrogen-bond acceptors (Lipinski definition) is 5. The highest BCUT2D eigenvalue weighted by molar-refractivity contribution is 5.79. The fourth-order valence-electron chi connectivity index (χ4n) is 3.61. The number of carbonyl (C=O) groups excluding carboxylic acids is 1. The Bertz CT molecular complexity index is 773. The first-order valence-corrected chi connectivity index (χ1v) is 9.30. The molecule has 1 amide bonds. The zero-order valence-electron chi connectivity index (χ0n) is 15.5. The van der Waals surface area contributed by atoms with Gasteiger partial charge in [0, 0.05) is 19.0 Å². The maximum atomic E-state index is 12.4. The minimum absolute atomic E-state index is 0.0138. The fourth-order valence-corrected chi connectivity index (χ4v) is 3.61. The molecule has 27 heavy (non-hydrogen) atoms. The largest absolute Gasteiger partial charge is 0.489 e. The van der Waals surface area contributed by atoms with Crippen molar-refractivity contribution in [3.63, 3.8) is 0 Å². The average Bonchev–Trinajstić information content (AvgIpc) is 2.66. The van der Waals surface area contributed by atoms with Crippen molar-refractivity contribution in [3.05, 3.63) is 54.4 Å². The fraction of sp³-hybridized carbons (Fsp3) is 0.429. The molecular formula is C21H24N2O4. The van der Waals surface area contributed by atoms with Gasteiger partial charge in [0.1, 0.15) is 23.2 Å². The summed E-state index contributed by atoms with van der Waals surface area (Å²) in [5, 5.41) is 0. The van der Waals surface area contributed by atoms with Crippen LogP contribution in [0.25, 0.3) is 0 Å². The smallest absolute Gasteiger partial charge is 0.260 e. The van der Waals surface area contributed by atoms with Crippen LogP contribution in [-0.4, -0.2) is 53.8 Å². The molecule has 6 heteroatoms. The van der Waals surface area contributed by atoms with E-state index in [1.807, 2.05) is 43.3 Å². The average molecular weight is 368 g/mol. The lowest BCUT2D eigenvalue weighted by molar-refractivity contribution is -0.194. The maximum Gasteiger partial charge on any atom is 0.260 e. The molecule has 2 fully saturated rings. The number of carbonyl (C=O) groups is 1. The molecule has 2 aliphatic rings. The SMILES string of the molecule is Cc1ccc(OCC(=O)N2CC3(C[C@H](Oc4cccnc4)CCO3)C2)cc1. The Hall–Kier alpha value is -2.60. The van der Waals surface area contributed by atoms with Crippen molar-refractivity contribution in [1.82, 2.24) is 9.88 Å². The van der Waals surface area contributed by atoms with Crippen LogP contribution < -0.4 is 9.47 Å². The van der Waals surface area contributed by atoms with E-state index in [9.17, 15) is 4.79 Å². The molecule has 1 atom stereocenters. The maximum absolute atomic E-state index is 12.4. The number of nitrogens with zero attached hydrogens (tertiary/aromatic N) is 2. The third-order valence-electron chi connectivity index (χ3n) is 5.08. The van der Waals surface area contributed by atoms with Crippen LogP contribution in [0.4, 0.5) is 0 Å². The van der Waals surface area contributed by atoms with E-state index in [0.717, 1.165) is 24.2 Å². The van der Waals surface area contributed by atoms with Crippen LogP contribution in [0.5, 0.6) is 11.5 Å². The first kappa shape index (κ1) is 17.8. The van der Waals surface area contributed by atoms with E-state index in [0.29, 0.717) is 25.4 Å². The minimum atomic E-state index is -0.287. The summed E-state index contributed by atoms with van der Waals surface area (Å²) in [6.45, 7) is 3.90. The van der Waals surface area contributed by atoms with Crippen LogP contribution in [0.3, 0.4) is 0 Å². The number of aryl methyl sites for hydroxylation is 1. The van der Waals surface area contributed by atoms with Gasteiger partial charge in [-0.05, 0) is 31.2 Å². The van der Waals surface area contributed by atoms with Gasteiger partial charge in [-0.15, -0.1) is 0 Å². The van der Waals surface area contributed by atoms with Gasteiger partial charge < -0.3 is 19.1 Å². The third-order valence-corrected chi connectivity index (χ3v) is 5.08. The highest BCUT2D eigenvalue weighted by Gasteiger charge is 2.49. The van der Waals surface area contributed by atoms with Gasteiger partial charge in [-0.1, -0.05) is 17.7 Å². The van der Waals surface area contributed by atoms with Gasteiger partial charge in [-0.2, -0.15) is 0 Å². The Morgan fingerprint density at radius 3 is 2.81 bits per heavy atom. The molecule has 2 aliphatic heterocycles. The summed E-state index contributed by atoms with van der Waals surface area (Å²) in [5.41, 5.74) is 0.876. The van der Waals surface area contributed by atoms with Gasteiger partial charge in [0.25, 0.3) is 5.91 Å². The van der Waals surface area contributed by atoms with Crippen LogP contribution in [0.15, 0.2) is 48.8 Å². The molecule has 0 saturated carbocycles. The van der Waals surface area contributed by atoms with Crippen LogP contribution in [-0.2, 0) is 9.53 Å². The Labute approximate surface area is 159 Å². The number of rotatable bonds is 5. The van der Waals surface area contributed by atoms with E-state index in [-0.39, 0.29) is 24.2 Å². The standard InChI is InChI=1S/C21H24N2O4/c1-16-4-6-17(7-5-16)25-13-20(24)23-14-21(15-23)11-18(8-10-26-21)27-19-3-2-9-22-12-19/h2-7,9,12,18H,8,10-11,13-15H2,1H3/t18-/m1/s1. The number of aromatic nitrogens is 1. The topological polar surface area (TPSA) is 60.9 Å². The number of pyridine rings is 1. The number of ether oxygens (including phenoxy) is 3. The van der Waals surface area contributed by atoms with Gasteiger partial charge in [-0.3, -0.25) is 9.78 Å². The summed E-state index contributed by atoms with van der Waals surface area (Å²) < 4.78 is 17.6. The van der Waals surface area contributed by atoms with Crippen LogP contribution >= 0.6 is 0 Å². The minimum Gasteiger partial charge on any atom is -0.489 e. The Balaban J connectivity index is 1.26. The van der Waals surface area contributed by atoms with Gasteiger partial charge in [0.2, 0.25) is 0 Å². The molecule has 1 spiro atoms. The van der Waals surface area contributed by atoms with Crippen molar-refractivity contribution in [3.8, 4) is 11.5 Å². The Morgan fingerprint density at radius 2 is 2.07 bits per heavy atom. The first-order valence-electron chi connectivity index (χ1n) is 9.30. The zero-order valence-corrected chi connectivity index (χ0v) is 15.5. The van der Waals surface area contributed by atoms with Crippen molar-refractivity contribution >= 4 is 5.91 Å². The van der Waals surface area contributed by atoms with Gasteiger partial charge in [0.05, 0.1) is 25.9 Å². The molecule has 1 aromatic carbocycles. The summed E-state index contributed by atoms with van der Waals surface area (Å²) in [6.07, 6.45) is 5.17. The molecule has 4 rings (SSSR count). The van der Waals surface area contributed by atoms with Gasteiger partial charge in [0.15, 0.2) is 6.61 Å². The Kier molecular flexibility index (Phi) is 4.99. The molecule has 0 N–H and O–H groups in total. The summed E-state index contributed by atoms with van der Waals surface area (Å²) in [4.78, 5) is 18.2. The first-order chi connectivity index (χ1) is 13.1. The second kappa shape index (κ2) is 7.56. The van der Waals surface area contributed by atoms with Crippen molar-refractivity contribution < 1.29 is 19.0 Å². The van der Waals surface area contributed by atoms with Crippen molar-refractivity contribution in [2.45, 2.75) is 31.5 Å². The van der Waals surface area contributed by atoms with Crippen LogP contribution in [0.2, 0.25) is 0 Å². The molecular weight excluding hydrogens is 344 g/mol. The molecule has 6 nitrogen and oxygen atoms in total. The van der Waals surface area contributed by atoms with E-state index in [2.05, 4.69) is 4.98 Å².